The Balaban J connectivity index is 1.68. The number of hydrogen-bond acceptors (Lipinski definition) is 2. The summed E-state index contributed by atoms with van der Waals surface area (Å²) < 4.78 is 13.4. The second-order valence-electron chi connectivity index (χ2n) is 7.01. The van der Waals surface area contributed by atoms with Crippen LogP contribution >= 0.6 is 22.6 Å². The Bertz CT molecular complexity index is 482. The lowest BCUT2D eigenvalue weighted by molar-refractivity contribution is 0.00578. The third-order valence-electron chi connectivity index (χ3n) is 5.02. The lowest BCUT2D eigenvalue weighted by Crippen LogP contribution is -2.41. The Hall–Kier alpha value is -0.0651. The van der Waals surface area contributed by atoms with Crippen molar-refractivity contribution < 1.29 is 9.31 Å². The molecule has 1 aromatic carbocycles. The van der Waals surface area contributed by atoms with Crippen molar-refractivity contribution in [3.05, 3.63) is 35.4 Å². The standard InChI is InChI=1S/C16H22BIO2/c1-15(2)16(3,4)20-17(19-15)14-9-13(14)12-7-5-11(10-18)6-8-12/h5-8,13-14H,9-10H2,1-4H3/t13-,14+/m1/s1. The van der Waals surface area contributed by atoms with Crippen molar-refractivity contribution in [2.45, 2.75) is 61.5 Å². The average molecular weight is 384 g/mol. The normalized spacial score (nSPS) is 30.6. The van der Waals surface area contributed by atoms with Crippen LogP contribution in [0.15, 0.2) is 24.3 Å². The Morgan fingerprint density at radius 3 is 2.15 bits per heavy atom. The molecule has 1 aromatic rings. The highest BCUT2D eigenvalue weighted by Crippen LogP contribution is 2.58. The summed E-state index contributed by atoms with van der Waals surface area (Å²) in [5.41, 5.74) is 2.40. The van der Waals surface area contributed by atoms with Gasteiger partial charge in [-0.1, -0.05) is 46.9 Å². The van der Waals surface area contributed by atoms with Crippen molar-refractivity contribution in [1.82, 2.24) is 0 Å². The third kappa shape index (κ3) is 2.55. The number of alkyl halides is 1. The first kappa shape index (κ1) is 14.9. The van der Waals surface area contributed by atoms with Crippen molar-refractivity contribution in [2.75, 3.05) is 0 Å². The maximum Gasteiger partial charge on any atom is 0.461 e. The molecule has 1 saturated heterocycles. The molecule has 108 valence electrons. The van der Waals surface area contributed by atoms with E-state index in [0.717, 1.165) is 4.43 Å². The van der Waals surface area contributed by atoms with Crippen LogP contribution < -0.4 is 0 Å². The van der Waals surface area contributed by atoms with E-state index in [4.69, 9.17) is 9.31 Å². The van der Waals surface area contributed by atoms with Crippen LogP contribution in [0.1, 0.15) is 51.2 Å². The molecule has 0 N–H and O–H groups in total. The fourth-order valence-corrected chi connectivity index (χ4v) is 3.32. The molecule has 3 rings (SSSR count). The number of rotatable bonds is 3. The van der Waals surface area contributed by atoms with Gasteiger partial charge in [0.05, 0.1) is 11.2 Å². The largest absolute Gasteiger partial charge is 0.461 e. The van der Waals surface area contributed by atoms with Crippen LogP contribution in [0, 0.1) is 0 Å². The molecule has 0 amide bonds. The monoisotopic (exact) mass is 384 g/mol. The summed E-state index contributed by atoms with van der Waals surface area (Å²) in [4.78, 5) is 0. The van der Waals surface area contributed by atoms with Crippen LogP contribution in [0.3, 0.4) is 0 Å². The third-order valence-corrected chi connectivity index (χ3v) is 5.90. The number of halogens is 1. The Morgan fingerprint density at radius 1 is 1.10 bits per heavy atom. The van der Waals surface area contributed by atoms with Gasteiger partial charge in [0.1, 0.15) is 0 Å². The lowest BCUT2D eigenvalue weighted by Gasteiger charge is -2.32. The van der Waals surface area contributed by atoms with Crippen molar-refractivity contribution in [2.24, 2.45) is 0 Å². The van der Waals surface area contributed by atoms with Crippen LogP contribution in [0.4, 0.5) is 0 Å². The molecule has 20 heavy (non-hydrogen) atoms. The molecule has 0 unspecified atom stereocenters. The van der Waals surface area contributed by atoms with Gasteiger partial charge in [-0.2, -0.15) is 0 Å². The van der Waals surface area contributed by atoms with Crippen molar-refractivity contribution in [1.29, 1.82) is 0 Å². The summed E-state index contributed by atoms with van der Waals surface area (Å²) in [6.07, 6.45) is 1.18. The van der Waals surface area contributed by atoms with Gasteiger partial charge in [0.25, 0.3) is 0 Å². The molecule has 0 spiro atoms. The maximum absolute atomic E-state index is 6.16. The van der Waals surface area contributed by atoms with Gasteiger partial charge >= 0.3 is 7.12 Å². The molecule has 2 fully saturated rings. The summed E-state index contributed by atoms with van der Waals surface area (Å²) in [6, 6.07) is 9.01. The molecule has 1 saturated carbocycles. The van der Waals surface area contributed by atoms with E-state index < -0.39 is 0 Å². The van der Waals surface area contributed by atoms with E-state index in [2.05, 4.69) is 74.6 Å². The van der Waals surface area contributed by atoms with E-state index >= 15 is 0 Å². The SMILES string of the molecule is CC1(C)OB([C@H]2C[C@@H]2c2ccc(CI)cc2)OC1(C)C. The highest BCUT2D eigenvalue weighted by molar-refractivity contribution is 14.1. The Morgan fingerprint density at radius 2 is 1.65 bits per heavy atom. The van der Waals surface area contributed by atoms with E-state index in [1.807, 2.05) is 0 Å². The molecule has 2 atom stereocenters. The van der Waals surface area contributed by atoms with Crippen molar-refractivity contribution in [3.8, 4) is 0 Å². The molecule has 2 nitrogen and oxygen atoms in total. The van der Waals surface area contributed by atoms with Gasteiger partial charge in [-0.25, -0.2) is 0 Å². The minimum atomic E-state index is -0.212. The fourth-order valence-electron chi connectivity index (χ4n) is 2.82. The molecule has 0 radical (unpaired) electrons. The Labute approximate surface area is 135 Å². The predicted molar refractivity (Wildman–Crippen MR) is 91.4 cm³/mol. The van der Waals surface area contributed by atoms with Crippen LogP contribution in [-0.4, -0.2) is 18.3 Å². The summed E-state index contributed by atoms with van der Waals surface area (Å²) in [5.74, 6) is 1.12. The fraction of sp³-hybridized carbons (Fsp3) is 0.625. The molecule has 4 heteroatoms. The Kier molecular flexibility index (Phi) is 3.71. The van der Waals surface area contributed by atoms with Gasteiger partial charge in [-0.15, -0.1) is 0 Å². The van der Waals surface area contributed by atoms with E-state index in [1.54, 1.807) is 0 Å². The van der Waals surface area contributed by atoms with Gasteiger partial charge in [0, 0.05) is 10.2 Å². The smallest absolute Gasteiger partial charge is 0.403 e. The first-order chi connectivity index (χ1) is 9.34. The minimum Gasteiger partial charge on any atom is -0.403 e. The lowest BCUT2D eigenvalue weighted by atomic mass is 9.79. The summed E-state index contributed by atoms with van der Waals surface area (Å²) in [5, 5.41) is 0. The molecular formula is C16H22BIO2. The molecular weight excluding hydrogens is 362 g/mol. The van der Waals surface area contributed by atoms with Gasteiger partial charge in [-0.3, -0.25) is 0 Å². The van der Waals surface area contributed by atoms with Gasteiger partial charge in [0.2, 0.25) is 0 Å². The molecule has 1 heterocycles. The van der Waals surface area contributed by atoms with E-state index in [-0.39, 0.29) is 18.3 Å². The molecule has 1 aliphatic carbocycles. The predicted octanol–water partition coefficient (Wildman–Crippen LogP) is 4.57. The first-order valence-electron chi connectivity index (χ1n) is 7.34. The zero-order chi connectivity index (χ0) is 14.5. The van der Waals surface area contributed by atoms with Gasteiger partial charge in [-0.05, 0) is 51.2 Å². The van der Waals surface area contributed by atoms with E-state index in [9.17, 15) is 0 Å². The molecule has 0 aromatic heterocycles. The zero-order valence-electron chi connectivity index (χ0n) is 12.7. The van der Waals surface area contributed by atoms with Crippen molar-refractivity contribution in [3.63, 3.8) is 0 Å². The van der Waals surface area contributed by atoms with Crippen molar-refractivity contribution >= 4 is 29.7 Å². The zero-order valence-corrected chi connectivity index (χ0v) is 14.8. The molecule has 2 aliphatic rings. The number of benzene rings is 1. The highest BCUT2D eigenvalue weighted by Gasteiger charge is 2.59. The van der Waals surface area contributed by atoms with Crippen LogP contribution in [0.5, 0.6) is 0 Å². The quantitative estimate of drug-likeness (QED) is 0.432. The first-order valence-corrected chi connectivity index (χ1v) is 8.87. The maximum atomic E-state index is 6.16. The van der Waals surface area contributed by atoms with Crippen LogP contribution in [-0.2, 0) is 13.7 Å². The molecule has 0 bridgehead atoms. The van der Waals surface area contributed by atoms with Gasteiger partial charge in [0.15, 0.2) is 0 Å². The highest BCUT2D eigenvalue weighted by atomic mass is 127. The second kappa shape index (κ2) is 4.99. The van der Waals surface area contributed by atoms with E-state index in [0.29, 0.717) is 11.7 Å². The summed E-state index contributed by atoms with van der Waals surface area (Å²) in [6.45, 7) is 8.50. The van der Waals surface area contributed by atoms with Crippen LogP contribution in [0.25, 0.3) is 0 Å². The average Bonchev–Trinajstić information content (AvgIpc) is 3.13. The molecule has 1 aliphatic heterocycles. The number of hydrogen-bond donors (Lipinski definition) is 0. The van der Waals surface area contributed by atoms with Gasteiger partial charge < -0.3 is 9.31 Å². The topological polar surface area (TPSA) is 18.5 Å². The minimum absolute atomic E-state index is 0.0470. The summed E-state index contributed by atoms with van der Waals surface area (Å²) >= 11 is 2.40. The van der Waals surface area contributed by atoms with Crippen LogP contribution in [0.2, 0.25) is 5.82 Å². The van der Waals surface area contributed by atoms with E-state index in [1.165, 1.54) is 17.5 Å². The second-order valence-corrected chi connectivity index (χ2v) is 7.77. The summed E-state index contributed by atoms with van der Waals surface area (Å²) in [7, 11) is -0.0470.